The summed E-state index contributed by atoms with van der Waals surface area (Å²) in [4.78, 5) is 31.0. The average Bonchev–Trinajstić information content (AvgIpc) is 3.37. The molecule has 0 radical (unpaired) electrons. The molecule has 0 saturated heterocycles. The van der Waals surface area contributed by atoms with Crippen molar-refractivity contribution in [3.63, 3.8) is 0 Å². The quantitative estimate of drug-likeness (QED) is 0.558. The fourth-order valence-electron chi connectivity index (χ4n) is 4.88. The Morgan fingerprint density at radius 2 is 2.06 bits per heavy atom. The molecule has 0 bridgehead atoms. The summed E-state index contributed by atoms with van der Waals surface area (Å²) in [5.74, 6) is -0.501. The summed E-state index contributed by atoms with van der Waals surface area (Å²) in [6.07, 6.45) is 4.85. The Hall–Kier alpha value is -3.66. The van der Waals surface area contributed by atoms with Gasteiger partial charge < -0.3 is 21.1 Å². The van der Waals surface area contributed by atoms with Gasteiger partial charge >= 0.3 is 0 Å². The number of rotatable bonds is 4. The highest BCUT2D eigenvalue weighted by atomic mass is 16.3. The second-order valence-corrected chi connectivity index (χ2v) is 9.15. The van der Waals surface area contributed by atoms with Crippen LogP contribution in [0.1, 0.15) is 51.5 Å². The predicted octanol–water partition coefficient (Wildman–Crippen LogP) is 1.03. The molecule has 0 aromatic carbocycles. The Labute approximate surface area is 184 Å². The third kappa shape index (κ3) is 2.98. The third-order valence-corrected chi connectivity index (χ3v) is 6.30. The van der Waals surface area contributed by atoms with Crippen molar-refractivity contribution in [2.75, 3.05) is 17.2 Å². The van der Waals surface area contributed by atoms with Crippen molar-refractivity contribution in [3.8, 4) is 5.69 Å². The molecule has 0 fully saturated rings. The number of nitrogen functional groups attached to an aromatic ring is 1. The molecule has 4 heterocycles. The molecule has 10 heteroatoms. The highest BCUT2D eigenvalue weighted by Crippen LogP contribution is 2.39. The molecular weight excluding hydrogens is 410 g/mol. The fraction of sp³-hybridized carbons (Fsp3) is 0.364. The first-order valence-corrected chi connectivity index (χ1v) is 10.5. The SMILES string of the molecule is CC1(C)Cc2cc3n(c2C1)CCN(c1nccc(-n2cc(C(N)=O)c(N)n2)c1CO)C3=O. The molecule has 1 aliphatic heterocycles. The molecular formula is C22H25N7O3. The van der Waals surface area contributed by atoms with E-state index in [4.69, 9.17) is 11.5 Å². The van der Waals surface area contributed by atoms with Gasteiger partial charge in [0.15, 0.2) is 5.82 Å². The van der Waals surface area contributed by atoms with Gasteiger partial charge in [0.2, 0.25) is 0 Å². The van der Waals surface area contributed by atoms with Gasteiger partial charge in [0.05, 0.1) is 12.3 Å². The van der Waals surface area contributed by atoms with Crippen LogP contribution >= 0.6 is 0 Å². The Balaban J connectivity index is 1.54. The van der Waals surface area contributed by atoms with Crippen LogP contribution in [-0.4, -0.2) is 42.8 Å². The number of nitrogens with two attached hydrogens (primary N) is 2. The van der Waals surface area contributed by atoms with E-state index in [0.717, 1.165) is 12.8 Å². The molecule has 2 aliphatic rings. The zero-order chi connectivity index (χ0) is 22.8. The lowest BCUT2D eigenvalue weighted by Gasteiger charge is -2.30. The Morgan fingerprint density at radius 1 is 1.28 bits per heavy atom. The monoisotopic (exact) mass is 435 g/mol. The maximum absolute atomic E-state index is 13.4. The Bertz CT molecular complexity index is 1270. The number of hydrogen-bond acceptors (Lipinski definition) is 6. The molecule has 5 N–H and O–H groups in total. The molecule has 1 aliphatic carbocycles. The van der Waals surface area contributed by atoms with Crippen molar-refractivity contribution in [2.24, 2.45) is 11.1 Å². The number of nitrogens with zero attached hydrogens (tertiary/aromatic N) is 5. The van der Waals surface area contributed by atoms with Crippen molar-refractivity contribution < 1.29 is 14.7 Å². The van der Waals surface area contributed by atoms with E-state index >= 15 is 0 Å². The molecule has 166 valence electrons. The second-order valence-electron chi connectivity index (χ2n) is 9.15. The summed E-state index contributed by atoms with van der Waals surface area (Å²) in [6, 6.07) is 3.63. The summed E-state index contributed by atoms with van der Waals surface area (Å²) in [7, 11) is 0. The van der Waals surface area contributed by atoms with Gasteiger partial charge in [-0.2, -0.15) is 0 Å². The van der Waals surface area contributed by atoms with Gasteiger partial charge in [0.25, 0.3) is 11.8 Å². The molecule has 0 saturated carbocycles. The zero-order valence-corrected chi connectivity index (χ0v) is 18.0. The van der Waals surface area contributed by atoms with Crippen molar-refractivity contribution in [3.05, 3.63) is 52.6 Å². The van der Waals surface area contributed by atoms with Crippen LogP contribution in [-0.2, 0) is 26.0 Å². The second kappa shape index (κ2) is 6.92. The number of hydrogen-bond donors (Lipinski definition) is 3. The Morgan fingerprint density at radius 3 is 2.75 bits per heavy atom. The van der Waals surface area contributed by atoms with Crippen LogP contribution in [0.3, 0.4) is 0 Å². The maximum atomic E-state index is 13.4. The van der Waals surface area contributed by atoms with Crippen LogP contribution in [0.15, 0.2) is 24.5 Å². The number of primary amides is 1. The van der Waals surface area contributed by atoms with Crippen molar-refractivity contribution in [1.29, 1.82) is 0 Å². The van der Waals surface area contributed by atoms with E-state index < -0.39 is 5.91 Å². The first-order valence-electron chi connectivity index (χ1n) is 10.5. The van der Waals surface area contributed by atoms with Gasteiger partial charge in [-0.3, -0.25) is 14.5 Å². The van der Waals surface area contributed by atoms with Gasteiger partial charge in [0, 0.05) is 36.7 Å². The van der Waals surface area contributed by atoms with Crippen LogP contribution in [0, 0.1) is 5.41 Å². The van der Waals surface area contributed by atoms with E-state index in [1.807, 2.05) is 6.07 Å². The molecule has 0 atom stereocenters. The minimum Gasteiger partial charge on any atom is -0.391 e. The van der Waals surface area contributed by atoms with E-state index in [-0.39, 0.29) is 29.3 Å². The van der Waals surface area contributed by atoms with Gasteiger partial charge in [-0.15, -0.1) is 5.10 Å². The molecule has 10 nitrogen and oxygen atoms in total. The van der Waals surface area contributed by atoms with E-state index in [2.05, 4.69) is 28.5 Å². The van der Waals surface area contributed by atoms with E-state index in [1.54, 1.807) is 11.0 Å². The standard InChI is InChI=1S/C22H25N7O3/c1-22(2)8-12-7-16-21(32)28(6-5-27(16)17(12)9-22)20-14(11-30)15(3-4-25-20)29-10-13(19(24)31)18(23)26-29/h3-4,7,10,30H,5-6,8-9,11H2,1-2H3,(H2,23,26)(H2,24,31). The molecule has 3 aromatic heterocycles. The number of carbonyl (C=O) groups is 2. The number of carbonyl (C=O) groups excluding carboxylic acids is 2. The van der Waals surface area contributed by atoms with Crippen molar-refractivity contribution in [1.82, 2.24) is 19.3 Å². The third-order valence-electron chi connectivity index (χ3n) is 6.30. The summed E-state index contributed by atoms with van der Waals surface area (Å²) in [5.41, 5.74) is 15.4. The fourth-order valence-corrected chi connectivity index (χ4v) is 4.88. The average molecular weight is 435 g/mol. The molecule has 32 heavy (non-hydrogen) atoms. The summed E-state index contributed by atoms with van der Waals surface area (Å²) in [5, 5.41) is 14.3. The first kappa shape index (κ1) is 20.3. The molecule has 2 amide bonds. The molecule has 0 unspecified atom stereocenters. The highest BCUT2D eigenvalue weighted by Gasteiger charge is 2.37. The number of anilines is 2. The maximum Gasteiger partial charge on any atom is 0.276 e. The number of aromatic nitrogens is 4. The largest absolute Gasteiger partial charge is 0.391 e. The molecule has 3 aromatic rings. The van der Waals surface area contributed by atoms with Crippen LogP contribution in [0.4, 0.5) is 11.6 Å². The van der Waals surface area contributed by atoms with E-state index in [0.29, 0.717) is 35.9 Å². The van der Waals surface area contributed by atoms with Crippen LogP contribution < -0.4 is 16.4 Å². The number of pyridine rings is 1. The zero-order valence-electron chi connectivity index (χ0n) is 18.0. The van der Waals surface area contributed by atoms with Gasteiger partial charge in [-0.25, -0.2) is 9.67 Å². The van der Waals surface area contributed by atoms with Crippen LogP contribution in [0.25, 0.3) is 5.69 Å². The lowest BCUT2D eigenvalue weighted by molar-refractivity contribution is 0.0961. The van der Waals surface area contributed by atoms with Crippen molar-refractivity contribution >= 4 is 23.5 Å². The predicted molar refractivity (Wildman–Crippen MR) is 118 cm³/mol. The minimum absolute atomic E-state index is 0.0101. The summed E-state index contributed by atoms with van der Waals surface area (Å²) >= 11 is 0. The van der Waals surface area contributed by atoms with Crippen molar-refractivity contribution in [2.45, 2.75) is 39.8 Å². The number of aliphatic hydroxyl groups excluding tert-OH is 1. The van der Waals surface area contributed by atoms with Gasteiger partial charge in [-0.1, -0.05) is 13.8 Å². The molecule has 5 rings (SSSR count). The van der Waals surface area contributed by atoms with Gasteiger partial charge in [0.1, 0.15) is 17.1 Å². The molecule has 0 spiro atoms. The smallest absolute Gasteiger partial charge is 0.276 e. The van der Waals surface area contributed by atoms with Crippen LogP contribution in [0.5, 0.6) is 0 Å². The number of amides is 2. The van der Waals surface area contributed by atoms with Crippen LogP contribution in [0.2, 0.25) is 0 Å². The lowest BCUT2D eigenvalue weighted by atomic mass is 9.90. The van der Waals surface area contributed by atoms with Gasteiger partial charge in [-0.05, 0) is 36.0 Å². The number of aliphatic hydroxyl groups is 1. The van der Waals surface area contributed by atoms with E-state index in [1.165, 1.54) is 28.3 Å². The summed E-state index contributed by atoms with van der Waals surface area (Å²) in [6.45, 7) is 5.20. The topological polar surface area (TPSA) is 145 Å². The highest BCUT2D eigenvalue weighted by molar-refractivity contribution is 6.06. The minimum atomic E-state index is -0.697. The summed E-state index contributed by atoms with van der Waals surface area (Å²) < 4.78 is 3.50. The van der Waals surface area contributed by atoms with E-state index in [9.17, 15) is 14.7 Å². The normalized spacial score (nSPS) is 16.8. The lowest BCUT2D eigenvalue weighted by Crippen LogP contribution is -2.41. The number of fused-ring (bicyclic) bond motifs is 3. The first-order chi connectivity index (χ1) is 15.2. The Kier molecular flexibility index (Phi) is 4.38.